The number of urea groups is 1. The van der Waals surface area contributed by atoms with Crippen LogP contribution in [0.15, 0.2) is 6.20 Å². The second-order valence-electron chi connectivity index (χ2n) is 7.14. The van der Waals surface area contributed by atoms with Gasteiger partial charge in [0.1, 0.15) is 6.54 Å². The lowest BCUT2D eigenvalue weighted by molar-refractivity contribution is -0.141. The molecule has 1 aliphatic carbocycles. The Morgan fingerprint density at radius 2 is 1.92 bits per heavy atom. The van der Waals surface area contributed by atoms with Crippen LogP contribution in [-0.4, -0.2) is 58.1 Å². The molecule has 26 heavy (non-hydrogen) atoms. The number of amides is 2. The summed E-state index contributed by atoms with van der Waals surface area (Å²) in [5.74, 6) is 0.153. The van der Waals surface area contributed by atoms with Gasteiger partial charge in [-0.05, 0) is 32.6 Å². The number of ether oxygens (including phenoxy) is 1. The molecule has 1 aromatic heterocycles. The fourth-order valence-electron chi connectivity index (χ4n) is 3.86. The molecule has 0 aromatic carbocycles. The summed E-state index contributed by atoms with van der Waals surface area (Å²) in [6, 6.07) is 0.0759. The Hall–Kier alpha value is -2.12. The minimum absolute atomic E-state index is 0.0829. The molecule has 0 unspecified atom stereocenters. The van der Waals surface area contributed by atoms with Crippen LogP contribution >= 0.6 is 0 Å². The lowest BCUT2D eigenvalue weighted by atomic mass is 9.87. The summed E-state index contributed by atoms with van der Waals surface area (Å²) >= 11 is 0. The van der Waals surface area contributed by atoms with Crippen LogP contribution in [0.25, 0.3) is 0 Å². The first-order chi connectivity index (χ1) is 12.7. The molecule has 2 amide bonds. The van der Waals surface area contributed by atoms with Crippen molar-refractivity contribution in [3.63, 3.8) is 0 Å². The molecule has 2 aliphatic rings. The molecular formula is C18H29N5O3. The fourth-order valence-corrected chi connectivity index (χ4v) is 3.86. The maximum atomic E-state index is 12.1. The van der Waals surface area contributed by atoms with Gasteiger partial charge in [-0.25, -0.2) is 9.48 Å². The summed E-state index contributed by atoms with van der Waals surface area (Å²) in [5.41, 5.74) is 1.12. The number of nitrogens with zero attached hydrogens (tertiary/aromatic N) is 4. The molecule has 0 atom stereocenters. The van der Waals surface area contributed by atoms with E-state index in [-0.39, 0.29) is 18.6 Å². The average molecular weight is 363 g/mol. The number of carbonyl (C=O) groups is 2. The van der Waals surface area contributed by atoms with E-state index in [0.717, 1.165) is 18.5 Å². The summed E-state index contributed by atoms with van der Waals surface area (Å²) in [6.07, 6.45) is 10.2. The zero-order valence-corrected chi connectivity index (χ0v) is 15.5. The highest BCUT2D eigenvalue weighted by molar-refractivity contribution is 5.80. The number of aromatic nitrogens is 3. The molecule has 0 bridgehead atoms. The van der Waals surface area contributed by atoms with Gasteiger partial charge in [0.25, 0.3) is 0 Å². The highest BCUT2D eigenvalue weighted by Gasteiger charge is 2.26. The summed E-state index contributed by atoms with van der Waals surface area (Å²) < 4.78 is 6.80. The normalized spacial score (nSPS) is 19.3. The van der Waals surface area contributed by atoms with E-state index in [9.17, 15) is 9.59 Å². The number of esters is 1. The Kier molecular flexibility index (Phi) is 6.46. The minimum atomic E-state index is -0.409. The fraction of sp³-hybridized carbons (Fsp3) is 0.778. The molecule has 0 spiro atoms. The molecule has 0 radical (unpaired) electrons. The Bertz CT molecular complexity index is 604. The van der Waals surface area contributed by atoms with Crippen LogP contribution in [0.1, 0.15) is 69.5 Å². The van der Waals surface area contributed by atoms with Crippen LogP contribution in [0.2, 0.25) is 0 Å². The summed E-state index contributed by atoms with van der Waals surface area (Å²) in [6.45, 7) is 3.28. The largest absolute Gasteiger partial charge is 0.465 e. The van der Waals surface area contributed by atoms with Gasteiger partial charge in [-0.2, -0.15) is 0 Å². The smallest absolute Gasteiger partial charge is 0.325 e. The van der Waals surface area contributed by atoms with Gasteiger partial charge in [0, 0.05) is 25.2 Å². The third-order valence-corrected chi connectivity index (χ3v) is 5.37. The van der Waals surface area contributed by atoms with E-state index in [1.807, 2.05) is 4.68 Å². The molecule has 1 aromatic rings. The SMILES string of the molecule is CCOC(=O)CNC(=O)N1CCC(n2cc(C3CCCCC3)nn2)CC1. The first kappa shape index (κ1) is 18.7. The van der Waals surface area contributed by atoms with E-state index < -0.39 is 5.97 Å². The van der Waals surface area contributed by atoms with Crippen molar-refractivity contribution >= 4 is 12.0 Å². The van der Waals surface area contributed by atoms with Gasteiger partial charge in [-0.15, -0.1) is 5.10 Å². The number of piperidine rings is 1. The molecule has 2 heterocycles. The highest BCUT2D eigenvalue weighted by Crippen LogP contribution is 2.32. The number of carbonyl (C=O) groups excluding carboxylic acids is 2. The number of rotatable bonds is 5. The lowest BCUT2D eigenvalue weighted by Gasteiger charge is -2.31. The molecule has 8 nitrogen and oxygen atoms in total. The maximum Gasteiger partial charge on any atom is 0.325 e. The van der Waals surface area contributed by atoms with Crippen molar-refractivity contribution in [2.24, 2.45) is 0 Å². The molecule has 1 N–H and O–H groups in total. The first-order valence-electron chi connectivity index (χ1n) is 9.77. The molecule has 1 saturated heterocycles. The van der Waals surface area contributed by atoms with Gasteiger partial charge < -0.3 is 15.0 Å². The van der Waals surface area contributed by atoms with Crippen LogP contribution in [0.3, 0.4) is 0 Å². The molecule has 8 heteroatoms. The third kappa shape index (κ3) is 4.74. The third-order valence-electron chi connectivity index (χ3n) is 5.37. The van der Waals surface area contributed by atoms with E-state index in [2.05, 4.69) is 21.8 Å². The zero-order chi connectivity index (χ0) is 18.4. The molecular weight excluding hydrogens is 334 g/mol. The monoisotopic (exact) mass is 363 g/mol. The molecule has 2 fully saturated rings. The first-order valence-corrected chi connectivity index (χ1v) is 9.77. The van der Waals surface area contributed by atoms with Crippen molar-refractivity contribution in [1.29, 1.82) is 0 Å². The van der Waals surface area contributed by atoms with Crippen LogP contribution < -0.4 is 5.32 Å². The molecule has 1 aliphatic heterocycles. The second kappa shape index (κ2) is 9.00. The van der Waals surface area contributed by atoms with Crippen LogP contribution in [0.5, 0.6) is 0 Å². The van der Waals surface area contributed by atoms with Gasteiger partial charge in [-0.1, -0.05) is 24.5 Å². The number of nitrogens with one attached hydrogen (secondary N) is 1. The van der Waals surface area contributed by atoms with Crippen molar-refractivity contribution in [2.45, 2.75) is 63.8 Å². The van der Waals surface area contributed by atoms with Crippen LogP contribution in [0, 0.1) is 0 Å². The van der Waals surface area contributed by atoms with Crippen molar-refractivity contribution in [2.75, 3.05) is 26.2 Å². The van der Waals surface area contributed by atoms with Crippen molar-refractivity contribution < 1.29 is 14.3 Å². The topological polar surface area (TPSA) is 89.4 Å². The molecule has 3 rings (SSSR count). The van der Waals surface area contributed by atoms with E-state index in [0.29, 0.717) is 25.6 Å². The lowest BCUT2D eigenvalue weighted by Crippen LogP contribution is -2.46. The van der Waals surface area contributed by atoms with Crippen LogP contribution in [-0.2, 0) is 9.53 Å². The van der Waals surface area contributed by atoms with Crippen molar-refractivity contribution in [3.05, 3.63) is 11.9 Å². The summed E-state index contributed by atoms with van der Waals surface area (Å²) in [4.78, 5) is 25.2. The summed E-state index contributed by atoms with van der Waals surface area (Å²) in [7, 11) is 0. The standard InChI is InChI=1S/C18H29N5O3/c1-2-26-17(24)12-19-18(25)22-10-8-15(9-11-22)23-13-16(20-21-23)14-6-4-3-5-7-14/h13-15H,2-12H2,1H3,(H,19,25). The van der Waals surface area contributed by atoms with Gasteiger partial charge in [0.15, 0.2) is 0 Å². The Morgan fingerprint density at radius 3 is 2.62 bits per heavy atom. The second-order valence-corrected chi connectivity index (χ2v) is 7.14. The van der Waals surface area contributed by atoms with Crippen molar-refractivity contribution in [3.8, 4) is 0 Å². The zero-order valence-electron chi connectivity index (χ0n) is 15.5. The van der Waals surface area contributed by atoms with Crippen molar-refractivity contribution in [1.82, 2.24) is 25.2 Å². The predicted octanol–water partition coefficient (Wildman–Crippen LogP) is 2.24. The van der Waals surface area contributed by atoms with Crippen LogP contribution in [0.4, 0.5) is 4.79 Å². The Labute approximate surface area is 154 Å². The van der Waals surface area contributed by atoms with Gasteiger partial charge in [0.2, 0.25) is 0 Å². The Balaban J connectivity index is 1.45. The molecule has 144 valence electrons. The van der Waals surface area contributed by atoms with Gasteiger partial charge in [-0.3, -0.25) is 4.79 Å². The van der Waals surface area contributed by atoms with E-state index in [1.165, 1.54) is 32.1 Å². The van der Waals surface area contributed by atoms with Gasteiger partial charge >= 0.3 is 12.0 Å². The average Bonchev–Trinajstić information content (AvgIpc) is 3.17. The maximum absolute atomic E-state index is 12.1. The number of hydrogen-bond donors (Lipinski definition) is 1. The minimum Gasteiger partial charge on any atom is -0.465 e. The van der Waals surface area contributed by atoms with E-state index in [4.69, 9.17) is 4.74 Å². The summed E-state index contributed by atoms with van der Waals surface area (Å²) in [5, 5.41) is 11.4. The molecule has 1 saturated carbocycles. The van der Waals surface area contributed by atoms with Gasteiger partial charge in [0.05, 0.1) is 18.3 Å². The van der Waals surface area contributed by atoms with E-state index >= 15 is 0 Å². The van der Waals surface area contributed by atoms with E-state index in [1.54, 1.807) is 11.8 Å². The quantitative estimate of drug-likeness (QED) is 0.811. The predicted molar refractivity (Wildman–Crippen MR) is 95.7 cm³/mol. The number of likely N-dealkylation sites (tertiary alicyclic amines) is 1. The number of hydrogen-bond acceptors (Lipinski definition) is 5. The highest BCUT2D eigenvalue weighted by atomic mass is 16.5. The Morgan fingerprint density at radius 1 is 1.19 bits per heavy atom.